The van der Waals surface area contributed by atoms with Crippen molar-refractivity contribution in [2.24, 2.45) is 0 Å². The van der Waals surface area contributed by atoms with Crippen LogP contribution in [0.15, 0.2) is 22.5 Å². The van der Waals surface area contributed by atoms with Crippen LogP contribution in [-0.4, -0.2) is 0 Å². The van der Waals surface area contributed by atoms with Crippen molar-refractivity contribution < 1.29 is 0 Å². The van der Waals surface area contributed by atoms with Gasteiger partial charge in [-0.15, -0.1) is 11.3 Å². The van der Waals surface area contributed by atoms with Crippen molar-refractivity contribution in [3.05, 3.63) is 32.3 Å². The summed E-state index contributed by atoms with van der Waals surface area (Å²) in [5.74, 6) is 0. The van der Waals surface area contributed by atoms with E-state index in [-0.39, 0.29) is 0 Å². The number of thiophene rings is 1. The molecule has 1 aromatic rings. The highest BCUT2D eigenvalue weighted by atomic mass is 79.9. The Kier molecular flexibility index (Phi) is 2.46. The smallest absolute Gasteiger partial charge is 0.0271 e. The highest BCUT2D eigenvalue weighted by Crippen LogP contribution is 2.00. The highest BCUT2D eigenvalue weighted by Gasteiger charge is 1.83. The Bertz CT molecular complexity index is 334. The molecule has 1 heterocycles. The number of allylic oxidation sites excluding steroid dienone is 1. The van der Waals surface area contributed by atoms with Gasteiger partial charge in [-0.1, -0.05) is 29.1 Å². The molecular weight excluding hydrogens is 208 g/mol. The average molecular weight is 215 g/mol. The minimum Gasteiger partial charge on any atom is -0.144 e. The van der Waals surface area contributed by atoms with Crippen molar-refractivity contribution in [2.45, 2.75) is 0 Å². The first kappa shape index (κ1) is 7.76. The van der Waals surface area contributed by atoms with Crippen molar-refractivity contribution in [3.8, 4) is 0 Å². The fourth-order valence-corrected chi connectivity index (χ4v) is 1.54. The minimum absolute atomic E-state index is 0.885. The zero-order valence-corrected chi connectivity index (χ0v) is 7.83. The maximum atomic E-state index is 3.86. The van der Waals surface area contributed by atoms with Crippen LogP contribution in [-0.2, 0) is 0 Å². The molecule has 52 valence electrons. The van der Waals surface area contributed by atoms with Crippen LogP contribution < -0.4 is 9.75 Å². The maximum absolute atomic E-state index is 3.86. The van der Waals surface area contributed by atoms with E-state index in [1.807, 2.05) is 17.5 Å². The van der Waals surface area contributed by atoms with E-state index in [1.54, 1.807) is 11.3 Å². The molecule has 0 aliphatic rings. The molecule has 0 saturated carbocycles. The van der Waals surface area contributed by atoms with Gasteiger partial charge in [-0.25, -0.2) is 0 Å². The lowest BCUT2D eigenvalue weighted by Gasteiger charge is -1.78. The SMILES string of the molecule is C=C(Br)/C=c1/ccsc1=C. The third kappa shape index (κ3) is 1.82. The normalized spacial score (nSPS) is 11.9. The van der Waals surface area contributed by atoms with Gasteiger partial charge in [0.15, 0.2) is 0 Å². The molecule has 0 saturated heterocycles. The first-order valence-corrected chi connectivity index (χ1v) is 4.46. The Labute approximate surface area is 72.3 Å². The van der Waals surface area contributed by atoms with Crippen LogP contribution in [0.3, 0.4) is 0 Å². The van der Waals surface area contributed by atoms with Crippen molar-refractivity contribution in [2.75, 3.05) is 0 Å². The zero-order valence-electron chi connectivity index (χ0n) is 5.43. The van der Waals surface area contributed by atoms with E-state index in [1.165, 1.54) is 0 Å². The van der Waals surface area contributed by atoms with E-state index >= 15 is 0 Å². The van der Waals surface area contributed by atoms with Crippen molar-refractivity contribution in [1.82, 2.24) is 0 Å². The molecule has 0 atom stereocenters. The summed E-state index contributed by atoms with van der Waals surface area (Å²) in [6, 6.07) is 2.03. The van der Waals surface area contributed by atoms with Gasteiger partial charge in [0.25, 0.3) is 0 Å². The topological polar surface area (TPSA) is 0 Å². The Balaban J connectivity index is 3.29. The van der Waals surface area contributed by atoms with Crippen LogP contribution in [0.4, 0.5) is 0 Å². The maximum Gasteiger partial charge on any atom is 0.0271 e. The van der Waals surface area contributed by atoms with Crippen LogP contribution in [0.2, 0.25) is 0 Å². The van der Waals surface area contributed by atoms with Crippen molar-refractivity contribution >= 4 is 39.9 Å². The second-order valence-corrected chi connectivity index (χ2v) is 3.91. The van der Waals surface area contributed by atoms with Crippen molar-refractivity contribution in [3.63, 3.8) is 0 Å². The monoisotopic (exact) mass is 214 g/mol. The molecule has 0 fully saturated rings. The summed E-state index contributed by atoms with van der Waals surface area (Å²) in [6.07, 6.45) is 1.96. The minimum atomic E-state index is 0.885. The van der Waals surface area contributed by atoms with Crippen LogP contribution in [0.1, 0.15) is 0 Å². The van der Waals surface area contributed by atoms with E-state index in [0.717, 1.165) is 14.2 Å². The van der Waals surface area contributed by atoms with E-state index in [2.05, 4.69) is 29.1 Å². The third-order valence-electron chi connectivity index (χ3n) is 1.09. The van der Waals surface area contributed by atoms with E-state index < -0.39 is 0 Å². The lowest BCUT2D eigenvalue weighted by atomic mass is 10.4. The molecule has 0 spiro atoms. The molecule has 0 unspecified atom stereocenters. The van der Waals surface area contributed by atoms with Crippen LogP contribution in [0.25, 0.3) is 12.7 Å². The van der Waals surface area contributed by atoms with Gasteiger partial charge in [0.05, 0.1) is 0 Å². The van der Waals surface area contributed by atoms with Gasteiger partial charge in [-0.2, -0.15) is 0 Å². The quantitative estimate of drug-likeness (QED) is 0.670. The summed E-state index contributed by atoms with van der Waals surface area (Å²) in [4.78, 5) is 0. The van der Waals surface area contributed by atoms with Gasteiger partial charge in [-0.3, -0.25) is 0 Å². The number of hydrogen-bond donors (Lipinski definition) is 0. The van der Waals surface area contributed by atoms with Crippen LogP contribution >= 0.6 is 27.3 Å². The summed E-state index contributed by atoms with van der Waals surface area (Å²) >= 11 is 4.90. The third-order valence-corrected chi connectivity index (χ3v) is 2.11. The van der Waals surface area contributed by atoms with Crippen LogP contribution in [0.5, 0.6) is 0 Å². The first-order valence-electron chi connectivity index (χ1n) is 2.79. The second-order valence-electron chi connectivity index (χ2n) is 1.89. The summed E-state index contributed by atoms with van der Waals surface area (Å²) in [6.45, 7) is 7.57. The number of rotatable bonds is 1. The zero-order chi connectivity index (χ0) is 7.56. The largest absolute Gasteiger partial charge is 0.144 e. The molecule has 10 heavy (non-hydrogen) atoms. The Morgan fingerprint density at radius 3 is 2.80 bits per heavy atom. The van der Waals surface area contributed by atoms with Crippen LogP contribution in [0, 0.1) is 0 Å². The van der Waals surface area contributed by atoms with Gasteiger partial charge < -0.3 is 0 Å². The van der Waals surface area contributed by atoms with E-state index in [0.29, 0.717) is 0 Å². The summed E-state index contributed by atoms with van der Waals surface area (Å²) < 4.78 is 1.97. The summed E-state index contributed by atoms with van der Waals surface area (Å²) in [7, 11) is 0. The molecule has 0 N–H and O–H groups in total. The van der Waals surface area contributed by atoms with E-state index in [9.17, 15) is 0 Å². The van der Waals surface area contributed by atoms with Gasteiger partial charge in [0.2, 0.25) is 0 Å². The highest BCUT2D eigenvalue weighted by molar-refractivity contribution is 9.12. The fourth-order valence-electron chi connectivity index (χ4n) is 0.648. The molecular formula is C8H7BrS. The predicted molar refractivity (Wildman–Crippen MR) is 51.6 cm³/mol. The number of hydrogen-bond acceptors (Lipinski definition) is 1. The molecule has 1 aromatic heterocycles. The molecule has 0 radical (unpaired) electrons. The average Bonchev–Trinajstić information content (AvgIpc) is 2.15. The first-order chi connectivity index (χ1) is 4.70. The molecule has 0 amide bonds. The van der Waals surface area contributed by atoms with Gasteiger partial charge in [0, 0.05) is 9.01 Å². The Hall–Kier alpha value is -0.340. The Morgan fingerprint density at radius 1 is 1.70 bits per heavy atom. The molecule has 2 heteroatoms. The Morgan fingerprint density at radius 2 is 2.40 bits per heavy atom. The number of halogens is 1. The molecule has 0 bridgehead atoms. The molecule has 0 aromatic carbocycles. The lowest BCUT2D eigenvalue weighted by Crippen LogP contribution is -2.14. The van der Waals surface area contributed by atoms with Gasteiger partial charge >= 0.3 is 0 Å². The lowest BCUT2D eigenvalue weighted by molar-refractivity contribution is 1.74. The molecule has 0 nitrogen and oxygen atoms in total. The standard InChI is InChI=1S/C8H7BrS/c1-6(9)5-8-3-4-10-7(8)2/h3-5H,1-2H2/b8-5-. The molecule has 0 aliphatic heterocycles. The summed E-state index contributed by atoms with van der Waals surface area (Å²) in [5, 5.41) is 3.16. The van der Waals surface area contributed by atoms with E-state index in [4.69, 9.17) is 0 Å². The van der Waals surface area contributed by atoms with Crippen molar-refractivity contribution in [1.29, 1.82) is 0 Å². The predicted octanol–water partition coefficient (Wildman–Crippen LogP) is 1.85. The second kappa shape index (κ2) is 3.17. The summed E-state index contributed by atoms with van der Waals surface area (Å²) in [5.41, 5.74) is 0. The molecule has 1 rings (SSSR count). The van der Waals surface area contributed by atoms with Gasteiger partial charge in [0.1, 0.15) is 0 Å². The molecule has 0 aliphatic carbocycles. The fraction of sp³-hybridized carbons (Fsp3) is 0. The van der Waals surface area contributed by atoms with Gasteiger partial charge in [-0.05, 0) is 22.7 Å².